The van der Waals surface area contributed by atoms with Gasteiger partial charge in [0.15, 0.2) is 0 Å². The molecular formula is C21H26ClN5O2. The lowest BCUT2D eigenvalue weighted by molar-refractivity contribution is -0.130. The summed E-state index contributed by atoms with van der Waals surface area (Å²) in [4.78, 5) is 27.7. The third-order valence-corrected chi connectivity index (χ3v) is 6.00. The zero-order valence-electron chi connectivity index (χ0n) is 16.4. The first kappa shape index (κ1) is 19.9. The summed E-state index contributed by atoms with van der Waals surface area (Å²) in [6.07, 6.45) is 4.05. The van der Waals surface area contributed by atoms with Crippen molar-refractivity contribution in [3.8, 4) is 0 Å². The van der Waals surface area contributed by atoms with Crippen LogP contribution in [0.15, 0.2) is 36.7 Å². The number of nitrogens with zero attached hydrogens (tertiary/aromatic N) is 5. The fraction of sp³-hybridized carbons (Fsp3) is 0.476. The molecule has 2 aromatic rings. The fourth-order valence-corrected chi connectivity index (χ4v) is 4.19. The van der Waals surface area contributed by atoms with Gasteiger partial charge in [-0.2, -0.15) is 0 Å². The minimum absolute atomic E-state index is 0.137. The monoisotopic (exact) mass is 415 g/mol. The highest BCUT2D eigenvalue weighted by Gasteiger charge is 2.27. The van der Waals surface area contributed by atoms with Crippen LogP contribution in [-0.2, 0) is 11.2 Å². The molecule has 4 rings (SSSR count). The van der Waals surface area contributed by atoms with Crippen molar-refractivity contribution >= 4 is 29.1 Å². The molecule has 0 aliphatic carbocycles. The number of anilines is 2. The molecule has 154 valence electrons. The van der Waals surface area contributed by atoms with Crippen molar-refractivity contribution < 1.29 is 9.90 Å². The molecule has 1 atom stereocenters. The fourth-order valence-electron chi connectivity index (χ4n) is 4.07. The van der Waals surface area contributed by atoms with Crippen molar-refractivity contribution in [2.75, 3.05) is 49.1 Å². The highest BCUT2D eigenvalue weighted by molar-refractivity contribution is 6.30. The van der Waals surface area contributed by atoms with E-state index in [4.69, 9.17) is 11.6 Å². The second kappa shape index (κ2) is 8.97. The van der Waals surface area contributed by atoms with Crippen LogP contribution < -0.4 is 9.80 Å². The minimum atomic E-state index is 0.137. The maximum Gasteiger partial charge on any atom is 0.227 e. The van der Waals surface area contributed by atoms with Crippen molar-refractivity contribution in [3.05, 3.63) is 47.2 Å². The number of benzene rings is 1. The predicted molar refractivity (Wildman–Crippen MR) is 113 cm³/mol. The van der Waals surface area contributed by atoms with Crippen LogP contribution >= 0.6 is 11.6 Å². The summed E-state index contributed by atoms with van der Waals surface area (Å²) in [6.45, 7) is 3.89. The highest BCUT2D eigenvalue weighted by Crippen LogP contribution is 2.26. The number of hydrogen-bond donors (Lipinski definition) is 1. The van der Waals surface area contributed by atoms with Gasteiger partial charge in [-0.05, 0) is 30.5 Å². The van der Waals surface area contributed by atoms with Gasteiger partial charge in [0.05, 0.1) is 19.1 Å². The lowest BCUT2D eigenvalue weighted by Crippen LogP contribution is -2.49. The van der Waals surface area contributed by atoms with Crippen molar-refractivity contribution in [3.63, 3.8) is 0 Å². The number of halogens is 1. The number of carbonyl (C=O) groups excluding carboxylic acids is 1. The molecule has 8 heteroatoms. The molecule has 2 saturated heterocycles. The molecule has 1 aromatic heterocycles. The Morgan fingerprint density at radius 1 is 1.07 bits per heavy atom. The van der Waals surface area contributed by atoms with Crippen LogP contribution in [0.5, 0.6) is 0 Å². The van der Waals surface area contributed by atoms with Gasteiger partial charge in [0.1, 0.15) is 18.0 Å². The van der Waals surface area contributed by atoms with E-state index in [-0.39, 0.29) is 18.6 Å². The number of amides is 1. The van der Waals surface area contributed by atoms with Gasteiger partial charge in [-0.15, -0.1) is 0 Å². The number of rotatable bonds is 5. The summed E-state index contributed by atoms with van der Waals surface area (Å²) in [6, 6.07) is 9.57. The predicted octanol–water partition coefficient (Wildman–Crippen LogP) is 1.98. The number of hydrogen-bond acceptors (Lipinski definition) is 6. The van der Waals surface area contributed by atoms with Gasteiger partial charge in [0, 0.05) is 43.8 Å². The lowest BCUT2D eigenvalue weighted by atomic mass is 10.1. The summed E-state index contributed by atoms with van der Waals surface area (Å²) < 4.78 is 0. The highest BCUT2D eigenvalue weighted by atomic mass is 35.5. The van der Waals surface area contributed by atoms with Crippen molar-refractivity contribution in [2.24, 2.45) is 0 Å². The summed E-state index contributed by atoms with van der Waals surface area (Å²) in [5.74, 6) is 1.88. The second-order valence-electron chi connectivity index (χ2n) is 7.58. The topological polar surface area (TPSA) is 72.8 Å². The van der Waals surface area contributed by atoms with Gasteiger partial charge in [-0.1, -0.05) is 23.7 Å². The molecule has 1 amide bonds. The summed E-state index contributed by atoms with van der Waals surface area (Å²) in [5.41, 5.74) is 0.978. The Morgan fingerprint density at radius 3 is 2.52 bits per heavy atom. The van der Waals surface area contributed by atoms with Crippen molar-refractivity contribution in [1.29, 1.82) is 0 Å². The molecule has 29 heavy (non-hydrogen) atoms. The van der Waals surface area contributed by atoms with E-state index in [1.807, 2.05) is 35.2 Å². The van der Waals surface area contributed by atoms with E-state index in [0.29, 0.717) is 24.5 Å². The van der Waals surface area contributed by atoms with E-state index in [1.54, 1.807) is 6.33 Å². The normalized spacial score (nSPS) is 19.7. The summed E-state index contributed by atoms with van der Waals surface area (Å²) >= 11 is 5.91. The van der Waals surface area contributed by atoms with E-state index >= 15 is 0 Å². The minimum Gasteiger partial charge on any atom is -0.394 e. The summed E-state index contributed by atoms with van der Waals surface area (Å²) in [7, 11) is 0. The number of carbonyl (C=O) groups is 1. The molecule has 1 N–H and O–H groups in total. The number of piperazine rings is 1. The molecular weight excluding hydrogens is 390 g/mol. The molecule has 0 bridgehead atoms. The molecule has 2 aliphatic heterocycles. The smallest absolute Gasteiger partial charge is 0.227 e. The molecule has 0 radical (unpaired) electrons. The Hall–Kier alpha value is -2.38. The van der Waals surface area contributed by atoms with E-state index in [1.165, 1.54) is 0 Å². The van der Waals surface area contributed by atoms with Crippen LogP contribution in [0.25, 0.3) is 0 Å². The Labute approximate surface area is 175 Å². The first-order chi connectivity index (χ1) is 14.1. The van der Waals surface area contributed by atoms with Gasteiger partial charge in [0.25, 0.3) is 0 Å². The third-order valence-electron chi connectivity index (χ3n) is 5.75. The summed E-state index contributed by atoms with van der Waals surface area (Å²) in [5, 5.41) is 10.3. The lowest BCUT2D eigenvalue weighted by Gasteiger charge is -2.36. The Bertz CT molecular complexity index is 839. The molecule has 2 aliphatic rings. The zero-order chi connectivity index (χ0) is 20.2. The molecule has 1 aromatic carbocycles. The van der Waals surface area contributed by atoms with Gasteiger partial charge in [0.2, 0.25) is 5.91 Å². The van der Waals surface area contributed by atoms with Crippen LogP contribution in [0.4, 0.5) is 11.6 Å². The number of aromatic nitrogens is 2. The van der Waals surface area contributed by atoms with Gasteiger partial charge in [-0.3, -0.25) is 4.79 Å². The van der Waals surface area contributed by atoms with E-state index in [2.05, 4.69) is 19.8 Å². The van der Waals surface area contributed by atoms with Crippen molar-refractivity contribution in [2.45, 2.75) is 25.3 Å². The van der Waals surface area contributed by atoms with Crippen molar-refractivity contribution in [1.82, 2.24) is 14.9 Å². The van der Waals surface area contributed by atoms with Gasteiger partial charge >= 0.3 is 0 Å². The average molecular weight is 416 g/mol. The Morgan fingerprint density at radius 2 is 1.79 bits per heavy atom. The second-order valence-corrected chi connectivity index (χ2v) is 8.01. The SMILES string of the molecule is O=C(Cc1ccc(Cl)cc1)N1CCN(c2cc(N3CCCC3CO)ncn2)CC1. The van der Waals surface area contributed by atoms with Crippen LogP contribution in [0.2, 0.25) is 5.02 Å². The average Bonchev–Trinajstić information content (AvgIpc) is 3.24. The van der Waals surface area contributed by atoms with Crippen LogP contribution in [-0.4, -0.2) is 71.3 Å². The molecule has 3 heterocycles. The van der Waals surface area contributed by atoms with Gasteiger partial charge in [-0.25, -0.2) is 9.97 Å². The molecule has 0 saturated carbocycles. The van der Waals surface area contributed by atoms with Gasteiger partial charge < -0.3 is 19.8 Å². The molecule has 7 nitrogen and oxygen atoms in total. The Kier molecular flexibility index (Phi) is 6.16. The zero-order valence-corrected chi connectivity index (χ0v) is 17.1. The largest absolute Gasteiger partial charge is 0.394 e. The third kappa shape index (κ3) is 4.62. The number of aliphatic hydroxyl groups is 1. The first-order valence-electron chi connectivity index (χ1n) is 10.1. The van der Waals surface area contributed by atoms with Crippen LogP contribution in [0, 0.1) is 0 Å². The first-order valence-corrected chi connectivity index (χ1v) is 10.5. The molecule has 2 fully saturated rings. The molecule has 0 spiro atoms. The quantitative estimate of drug-likeness (QED) is 0.805. The number of aliphatic hydroxyl groups excluding tert-OH is 1. The Balaban J connectivity index is 1.35. The standard InChI is InChI=1S/C21H26ClN5O2/c22-17-5-3-16(4-6-17)12-21(29)26-10-8-25(9-11-26)19-13-20(24-15-23-19)27-7-1-2-18(27)14-28/h3-6,13,15,18,28H,1-2,7-12,14H2. The van der Waals surface area contributed by atoms with Crippen LogP contribution in [0.3, 0.4) is 0 Å². The maximum absolute atomic E-state index is 12.6. The maximum atomic E-state index is 12.6. The van der Waals surface area contributed by atoms with E-state index in [0.717, 1.165) is 49.7 Å². The van der Waals surface area contributed by atoms with E-state index < -0.39 is 0 Å². The molecule has 1 unspecified atom stereocenters. The van der Waals surface area contributed by atoms with E-state index in [9.17, 15) is 9.90 Å². The van der Waals surface area contributed by atoms with Crippen LogP contribution in [0.1, 0.15) is 18.4 Å².